The van der Waals surface area contributed by atoms with Gasteiger partial charge in [-0.1, -0.05) is 29.3 Å². The minimum atomic E-state index is -0.593. The van der Waals surface area contributed by atoms with Gasteiger partial charge in [-0.2, -0.15) is 0 Å². The lowest BCUT2D eigenvalue weighted by Crippen LogP contribution is -2.13. The first-order valence-electron chi connectivity index (χ1n) is 5.56. The molecule has 2 N–H and O–H groups in total. The van der Waals surface area contributed by atoms with Crippen molar-refractivity contribution in [1.29, 1.82) is 0 Å². The maximum Gasteiger partial charge on any atom is 0.141 e. The Morgan fingerprint density at radius 1 is 1.00 bits per heavy atom. The Morgan fingerprint density at radius 3 is 2.32 bits per heavy atom. The predicted molar refractivity (Wildman–Crippen MR) is 73.6 cm³/mol. The number of aryl methyl sites for hydroxylation is 1. The Balaban J connectivity index is 2.46. The first kappa shape index (κ1) is 14.3. The van der Waals surface area contributed by atoms with E-state index in [-0.39, 0.29) is 10.0 Å². The molecule has 0 saturated carbocycles. The molecule has 0 aliphatic carbocycles. The van der Waals surface area contributed by atoms with Gasteiger partial charge in [0.2, 0.25) is 0 Å². The van der Waals surface area contributed by atoms with Crippen LogP contribution in [0.4, 0.5) is 8.78 Å². The Morgan fingerprint density at radius 2 is 1.68 bits per heavy atom. The summed E-state index contributed by atoms with van der Waals surface area (Å²) in [5, 5.41) is 0.221. The van der Waals surface area contributed by atoms with Crippen molar-refractivity contribution in [1.82, 2.24) is 0 Å². The van der Waals surface area contributed by atoms with Crippen molar-refractivity contribution in [3.8, 4) is 0 Å². The van der Waals surface area contributed by atoms with Gasteiger partial charge in [0.25, 0.3) is 0 Å². The quantitative estimate of drug-likeness (QED) is 0.860. The highest BCUT2D eigenvalue weighted by Gasteiger charge is 2.16. The van der Waals surface area contributed by atoms with E-state index < -0.39 is 17.7 Å². The molecule has 2 rings (SSSR count). The van der Waals surface area contributed by atoms with Crippen LogP contribution in [0.1, 0.15) is 22.7 Å². The fraction of sp³-hybridized carbons (Fsp3) is 0.143. The van der Waals surface area contributed by atoms with Crippen LogP contribution in [-0.4, -0.2) is 0 Å². The summed E-state index contributed by atoms with van der Waals surface area (Å²) in [4.78, 5) is 0. The van der Waals surface area contributed by atoms with Crippen LogP contribution in [0.3, 0.4) is 0 Å². The summed E-state index contributed by atoms with van der Waals surface area (Å²) >= 11 is 11.7. The highest BCUT2D eigenvalue weighted by molar-refractivity contribution is 6.31. The Kier molecular flexibility index (Phi) is 4.09. The molecule has 19 heavy (non-hydrogen) atoms. The van der Waals surface area contributed by atoms with Crippen molar-refractivity contribution in [3.05, 3.63) is 68.7 Å². The number of hydrogen-bond acceptors (Lipinski definition) is 1. The molecule has 0 aromatic heterocycles. The number of hydrogen-bond donors (Lipinski definition) is 1. The van der Waals surface area contributed by atoms with Gasteiger partial charge in [0.1, 0.15) is 11.6 Å². The van der Waals surface area contributed by atoms with E-state index in [1.54, 1.807) is 13.0 Å². The summed E-state index contributed by atoms with van der Waals surface area (Å²) in [5.74, 6) is -0.905. The van der Waals surface area contributed by atoms with Gasteiger partial charge in [-0.15, -0.1) is 0 Å². The van der Waals surface area contributed by atoms with Gasteiger partial charge < -0.3 is 5.73 Å². The summed E-state index contributed by atoms with van der Waals surface area (Å²) in [7, 11) is 0. The van der Waals surface area contributed by atoms with Gasteiger partial charge in [-0.25, -0.2) is 8.78 Å². The minimum Gasteiger partial charge on any atom is -0.320 e. The maximum atomic E-state index is 13.3. The summed E-state index contributed by atoms with van der Waals surface area (Å²) in [5.41, 5.74) is 7.70. The van der Waals surface area contributed by atoms with E-state index >= 15 is 0 Å². The standard InChI is InChI=1S/C14H11Cl2F2N/c1-7-4-9(10(15)6-13(7)18)14(19)8-2-3-12(17)11(16)5-8/h2-6,14H,19H2,1H3. The van der Waals surface area contributed by atoms with Crippen molar-refractivity contribution in [2.75, 3.05) is 0 Å². The first-order valence-corrected chi connectivity index (χ1v) is 6.32. The zero-order valence-corrected chi connectivity index (χ0v) is 11.6. The van der Waals surface area contributed by atoms with Crippen molar-refractivity contribution in [2.24, 2.45) is 5.73 Å². The smallest absolute Gasteiger partial charge is 0.141 e. The van der Waals surface area contributed by atoms with Crippen LogP contribution in [0.15, 0.2) is 30.3 Å². The van der Waals surface area contributed by atoms with Crippen LogP contribution in [0.5, 0.6) is 0 Å². The van der Waals surface area contributed by atoms with Crippen LogP contribution in [-0.2, 0) is 0 Å². The molecule has 0 amide bonds. The average molecular weight is 302 g/mol. The van der Waals surface area contributed by atoms with Crippen LogP contribution >= 0.6 is 23.2 Å². The van der Waals surface area contributed by atoms with Crippen LogP contribution in [0.25, 0.3) is 0 Å². The zero-order chi connectivity index (χ0) is 14.2. The van der Waals surface area contributed by atoms with Crippen molar-refractivity contribution in [2.45, 2.75) is 13.0 Å². The van der Waals surface area contributed by atoms with Gasteiger partial charge in [-0.05, 0) is 47.9 Å². The zero-order valence-electron chi connectivity index (χ0n) is 10.1. The predicted octanol–water partition coefficient (Wildman–Crippen LogP) is 4.63. The Bertz CT molecular complexity index is 629. The fourth-order valence-electron chi connectivity index (χ4n) is 1.80. The van der Waals surface area contributed by atoms with Gasteiger partial charge in [-0.3, -0.25) is 0 Å². The number of rotatable bonds is 2. The van der Waals surface area contributed by atoms with E-state index in [2.05, 4.69) is 0 Å². The number of benzene rings is 2. The van der Waals surface area contributed by atoms with Gasteiger partial charge in [0, 0.05) is 5.02 Å². The maximum absolute atomic E-state index is 13.3. The topological polar surface area (TPSA) is 26.0 Å². The molecular formula is C14H11Cl2F2N. The molecule has 2 aromatic rings. The third-order valence-corrected chi connectivity index (χ3v) is 3.53. The molecule has 0 bridgehead atoms. The molecule has 0 saturated heterocycles. The molecule has 0 aliphatic heterocycles. The summed E-state index contributed by atoms with van der Waals surface area (Å²) < 4.78 is 26.5. The molecule has 0 fully saturated rings. The number of halogens is 4. The molecular weight excluding hydrogens is 291 g/mol. The molecule has 1 nitrogen and oxygen atoms in total. The molecule has 0 spiro atoms. The Hall–Kier alpha value is -1.16. The SMILES string of the molecule is Cc1cc(C(N)c2ccc(F)c(Cl)c2)c(Cl)cc1F. The fourth-order valence-corrected chi connectivity index (χ4v) is 2.26. The highest BCUT2D eigenvalue weighted by Crippen LogP contribution is 2.30. The monoisotopic (exact) mass is 301 g/mol. The molecule has 100 valence electrons. The van der Waals surface area contributed by atoms with Crippen molar-refractivity contribution < 1.29 is 8.78 Å². The summed E-state index contributed by atoms with van der Waals surface area (Å²) in [6.07, 6.45) is 0. The third-order valence-electron chi connectivity index (χ3n) is 2.92. The normalized spacial score (nSPS) is 12.5. The van der Waals surface area contributed by atoms with E-state index in [0.717, 1.165) is 0 Å². The van der Waals surface area contributed by atoms with Crippen molar-refractivity contribution in [3.63, 3.8) is 0 Å². The summed E-state index contributed by atoms with van der Waals surface area (Å²) in [6, 6.07) is 6.42. The highest BCUT2D eigenvalue weighted by atomic mass is 35.5. The average Bonchev–Trinajstić information content (AvgIpc) is 2.36. The molecule has 1 unspecified atom stereocenters. The van der Waals surface area contributed by atoms with Gasteiger partial charge >= 0.3 is 0 Å². The first-order chi connectivity index (χ1) is 8.90. The van der Waals surface area contributed by atoms with E-state index in [1.807, 2.05) is 0 Å². The van der Waals surface area contributed by atoms with Crippen molar-refractivity contribution >= 4 is 23.2 Å². The van der Waals surface area contributed by atoms with E-state index in [9.17, 15) is 8.78 Å². The third kappa shape index (κ3) is 2.89. The van der Waals surface area contributed by atoms with Gasteiger partial charge in [0.05, 0.1) is 11.1 Å². The second-order valence-corrected chi connectivity index (χ2v) is 5.09. The molecule has 1 atom stereocenters. The van der Waals surface area contributed by atoms with Crippen LogP contribution in [0, 0.1) is 18.6 Å². The molecule has 2 aromatic carbocycles. The Labute approximate surface area is 119 Å². The lowest BCUT2D eigenvalue weighted by atomic mass is 9.98. The number of nitrogens with two attached hydrogens (primary N) is 1. The van der Waals surface area contributed by atoms with Gasteiger partial charge in [0.15, 0.2) is 0 Å². The van der Waals surface area contributed by atoms with Crippen LogP contribution < -0.4 is 5.73 Å². The molecule has 0 heterocycles. The minimum absolute atomic E-state index is 0.0112. The molecule has 0 aliphatic rings. The van der Waals surface area contributed by atoms with Crippen LogP contribution in [0.2, 0.25) is 10.0 Å². The molecule has 0 radical (unpaired) electrons. The molecule has 5 heteroatoms. The van der Waals surface area contributed by atoms with E-state index in [1.165, 1.54) is 24.3 Å². The van der Waals surface area contributed by atoms with E-state index in [0.29, 0.717) is 16.7 Å². The lowest BCUT2D eigenvalue weighted by molar-refractivity contribution is 0.616. The second kappa shape index (κ2) is 5.45. The largest absolute Gasteiger partial charge is 0.320 e. The second-order valence-electron chi connectivity index (χ2n) is 4.27. The lowest BCUT2D eigenvalue weighted by Gasteiger charge is -2.16. The summed E-state index contributed by atoms with van der Waals surface area (Å²) in [6.45, 7) is 1.62. The van der Waals surface area contributed by atoms with E-state index in [4.69, 9.17) is 28.9 Å².